The highest BCUT2D eigenvalue weighted by Gasteiger charge is 2.14. The number of nitrogens with one attached hydrogen (secondary N) is 1. The van der Waals surface area contributed by atoms with Gasteiger partial charge in [-0.3, -0.25) is 0 Å². The second-order valence-electron chi connectivity index (χ2n) is 7.64. The minimum absolute atomic E-state index is 0.325. The third kappa shape index (κ3) is 4.28. The van der Waals surface area contributed by atoms with Crippen LogP contribution in [-0.2, 0) is 11.3 Å². The molecule has 0 unspecified atom stereocenters. The molecule has 3 nitrogen and oxygen atoms in total. The summed E-state index contributed by atoms with van der Waals surface area (Å²) in [6.07, 6.45) is 0. The van der Waals surface area contributed by atoms with Crippen LogP contribution >= 0.6 is 11.6 Å². The number of aryl methyl sites for hydroxylation is 1. The predicted molar refractivity (Wildman–Crippen MR) is 129 cm³/mol. The largest absolute Gasteiger partial charge is 0.465 e. The fourth-order valence-electron chi connectivity index (χ4n) is 4.00. The maximum absolute atomic E-state index is 12.1. The quantitative estimate of drug-likeness (QED) is 0.341. The van der Waals surface area contributed by atoms with Crippen molar-refractivity contribution in [1.29, 1.82) is 0 Å². The number of rotatable bonds is 5. The van der Waals surface area contributed by atoms with Gasteiger partial charge in [-0.1, -0.05) is 54.1 Å². The smallest absolute Gasteiger partial charge is 0.338 e. The number of esters is 1. The number of benzene rings is 4. The van der Waals surface area contributed by atoms with Crippen LogP contribution < -0.4 is 5.32 Å². The summed E-state index contributed by atoms with van der Waals surface area (Å²) in [5, 5.41) is 6.65. The van der Waals surface area contributed by atoms with Gasteiger partial charge < -0.3 is 10.1 Å². The van der Waals surface area contributed by atoms with Crippen LogP contribution in [0.25, 0.3) is 21.9 Å². The van der Waals surface area contributed by atoms with E-state index in [2.05, 4.69) is 47.8 Å². The minimum atomic E-state index is -0.325. The Morgan fingerprint density at radius 2 is 1.74 bits per heavy atom. The molecule has 156 valence electrons. The summed E-state index contributed by atoms with van der Waals surface area (Å²) in [6.45, 7) is 4.61. The van der Waals surface area contributed by atoms with Gasteiger partial charge in [-0.2, -0.15) is 0 Å². The van der Waals surface area contributed by atoms with E-state index in [9.17, 15) is 4.79 Å². The molecule has 0 radical (unpaired) electrons. The highest BCUT2D eigenvalue weighted by atomic mass is 35.5. The Kier molecular flexibility index (Phi) is 5.97. The predicted octanol–water partition coefficient (Wildman–Crippen LogP) is 7.18. The van der Waals surface area contributed by atoms with Crippen LogP contribution in [0.5, 0.6) is 0 Å². The highest BCUT2D eigenvalue weighted by Crippen LogP contribution is 2.31. The number of carbonyl (C=O) groups is 1. The summed E-state index contributed by atoms with van der Waals surface area (Å²) in [6, 6.07) is 24.4. The molecule has 0 spiro atoms. The molecule has 0 atom stereocenters. The Bertz CT molecular complexity index is 1280. The van der Waals surface area contributed by atoms with Crippen molar-refractivity contribution in [3.63, 3.8) is 0 Å². The lowest BCUT2D eigenvalue weighted by molar-refractivity contribution is 0.0600. The summed E-state index contributed by atoms with van der Waals surface area (Å²) in [4.78, 5) is 12.1. The van der Waals surface area contributed by atoms with Crippen LogP contribution in [0.1, 0.15) is 27.0 Å². The number of carbonyl (C=O) groups excluding carboxylic acids is 1. The van der Waals surface area contributed by atoms with Crippen molar-refractivity contribution in [2.45, 2.75) is 20.4 Å². The molecule has 4 rings (SSSR count). The first kappa shape index (κ1) is 21.0. The van der Waals surface area contributed by atoms with Crippen LogP contribution in [0.3, 0.4) is 0 Å². The van der Waals surface area contributed by atoms with E-state index in [4.69, 9.17) is 16.3 Å². The van der Waals surface area contributed by atoms with Gasteiger partial charge in [0, 0.05) is 17.3 Å². The fraction of sp³-hybridized carbons (Fsp3) is 0.148. The Morgan fingerprint density at radius 3 is 2.52 bits per heavy atom. The second-order valence-corrected chi connectivity index (χ2v) is 8.08. The Morgan fingerprint density at radius 1 is 0.935 bits per heavy atom. The fourth-order valence-corrected chi connectivity index (χ4v) is 4.20. The molecule has 0 aliphatic rings. The number of hydrogen-bond donors (Lipinski definition) is 1. The standard InChI is InChI=1S/C27H24ClNO2/c1-17-11-12-24(27(30)31-3)18(2)26(17)29-16-22-14-21(19-8-6-9-23(28)15-19)13-20-7-4-5-10-25(20)22/h4-15,29H,16H2,1-3H3. The molecule has 4 aromatic carbocycles. The molecule has 4 aromatic rings. The van der Waals surface area contributed by atoms with E-state index < -0.39 is 0 Å². The van der Waals surface area contributed by atoms with Gasteiger partial charge in [-0.15, -0.1) is 0 Å². The molecule has 0 saturated heterocycles. The Labute approximate surface area is 187 Å². The summed E-state index contributed by atoms with van der Waals surface area (Å²) in [7, 11) is 1.40. The molecule has 31 heavy (non-hydrogen) atoms. The molecular formula is C27H24ClNO2. The molecule has 0 aromatic heterocycles. The van der Waals surface area contributed by atoms with E-state index in [-0.39, 0.29) is 5.97 Å². The van der Waals surface area contributed by atoms with Gasteiger partial charge in [0.2, 0.25) is 0 Å². The van der Waals surface area contributed by atoms with Gasteiger partial charge in [0.1, 0.15) is 0 Å². The molecule has 0 bridgehead atoms. The van der Waals surface area contributed by atoms with E-state index in [1.165, 1.54) is 23.4 Å². The number of methoxy groups -OCH3 is 1. The van der Waals surface area contributed by atoms with E-state index in [1.54, 1.807) is 0 Å². The highest BCUT2D eigenvalue weighted by molar-refractivity contribution is 6.30. The van der Waals surface area contributed by atoms with Crippen molar-refractivity contribution in [2.24, 2.45) is 0 Å². The summed E-state index contributed by atoms with van der Waals surface area (Å²) < 4.78 is 4.93. The van der Waals surface area contributed by atoms with Crippen LogP contribution in [0.4, 0.5) is 5.69 Å². The van der Waals surface area contributed by atoms with Crippen molar-refractivity contribution >= 4 is 34.0 Å². The van der Waals surface area contributed by atoms with Crippen molar-refractivity contribution in [1.82, 2.24) is 0 Å². The monoisotopic (exact) mass is 429 g/mol. The van der Waals surface area contributed by atoms with Crippen LogP contribution in [0, 0.1) is 13.8 Å². The van der Waals surface area contributed by atoms with Crippen LogP contribution in [-0.4, -0.2) is 13.1 Å². The lowest BCUT2D eigenvalue weighted by Crippen LogP contribution is -2.09. The van der Waals surface area contributed by atoms with Gasteiger partial charge in [0.15, 0.2) is 0 Å². The maximum atomic E-state index is 12.1. The number of hydrogen-bond acceptors (Lipinski definition) is 3. The molecule has 1 N–H and O–H groups in total. The number of ether oxygens (including phenoxy) is 1. The van der Waals surface area contributed by atoms with Gasteiger partial charge in [-0.25, -0.2) is 4.79 Å². The Balaban J connectivity index is 1.75. The van der Waals surface area contributed by atoms with E-state index in [0.717, 1.165) is 33.0 Å². The molecule has 0 saturated carbocycles. The lowest BCUT2D eigenvalue weighted by atomic mass is 9.96. The molecular weight excluding hydrogens is 406 g/mol. The van der Waals surface area contributed by atoms with Gasteiger partial charge in [0.25, 0.3) is 0 Å². The number of halogens is 1. The average Bonchev–Trinajstić information content (AvgIpc) is 2.78. The van der Waals surface area contributed by atoms with Gasteiger partial charge in [-0.05, 0) is 82.8 Å². The van der Waals surface area contributed by atoms with E-state index >= 15 is 0 Å². The Hall–Kier alpha value is -3.30. The van der Waals surface area contributed by atoms with Gasteiger partial charge in [0.05, 0.1) is 12.7 Å². The number of fused-ring (bicyclic) bond motifs is 1. The molecule has 0 fully saturated rings. The second kappa shape index (κ2) is 8.83. The average molecular weight is 430 g/mol. The van der Waals surface area contributed by atoms with Gasteiger partial charge >= 0.3 is 5.97 Å². The van der Waals surface area contributed by atoms with Crippen molar-refractivity contribution in [3.05, 3.63) is 100 Å². The first-order valence-electron chi connectivity index (χ1n) is 10.2. The number of anilines is 1. The first-order valence-corrected chi connectivity index (χ1v) is 10.6. The zero-order chi connectivity index (χ0) is 22.0. The summed E-state index contributed by atoms with van der Waals surface area (Å²) in [5.74, 6) is -0.325. The molecule has 0 aliphatic carbocycles. The first-order chi connectivity index (χ1) is 15.0. The SMILES string of the molecule is COC(=O)c1ccc(C)c(NCc2cc(-c3cccc(Cl)c3)cc3ccccc23)c1C. The third-order valence-corrected chi connectivity index (χ3v) is 5.87. The van der Waals surface area contributed by atoms with E-state index in [1.807, 2.05) is 44.2 Å². The normalized spacial score (nSPS) is 10.8. The maximum Gasteiger partial charge on any atom is 0.338 e. The van der Waals surface area contributed by atoms with Crippen LogP contribution in [0.2, 0.25) is 5.02 Å². The zero-order valence-electron chi connectivity index (χ0n) is 17.8. The zero-order valence-corrected chi connectivity index (χ0v) is 18.6. The molecule has 0 amide bonds. The van der Waals surface area contributed by atoms with Crippen molar-refractivity contribution in [3.8, 4) is 11.1 Å². The van der Waals surface area contributed by atoms with Crippen LogP contribution in [0.15, 0.2) is 72.8 Å². The van der Waals surface area contributed by atoms with E-state index in [0.29, 0.717) is 12.1 Å². The topological polar surface area (TPSA) is 38.3 Å². The van der Waals surface area contributed by atoms with Crippen molar-refractivity contribution < 1.29 is 9.53 Å². The lowest BCUT2D eigenvalue weighted by Gasteiger charge is -2.17. The summed E-state index contributed by atoms with van der Waals surface area (Å²) in [5.41, 5.74) is 6.89. The summed E-state index contributed by atoms with van der Waals surface area (Å²) >= 11 is 6.23. The molecule has 0 aliphatic heterocycles. The third-order valence-electron chi connectivity index (χ3n) is 5.64. The molecule has 0 heterocycles. The molecule has 4 heteroatoms. The minimum Gasteiger partial charge on any atom is -0.465 e. The van der Waals surface area contributed by atoms with Crippen molar-refractivity contribution in [2.75, 3.05) is 12.4 Å².